The summed E-state index contributed by atoms with van der Waals surface area (Å²) < 4.78 is 4.69. The number of rotatable bonds is 2. The Kier molecular flexibility index (Phi) is 3.12. The molecule has 3 heteroatoms. The normalized spacial score (nSPS) is 9.69. The molecule has 0 fully saturated rings. The Hall–Kier alpha value is -1.25. The predicted molar refractivity (Wildman–Crippen MR) is 54.8 cm³/mol. The monoisotopic (exact) mass is 176 g/mol. The number of benzene rings is 1. The van der Waals surface area contributed by atoms with Crippen LogP contribution in [0.5, 0.6) is 0 Å². The zero-order chi connectivity index (χ0) is 9.84. The standard InChI is InChI=1S/C10H13BO2/c1-7-4-3-5-8(9(7)6-11)10(12)13-2/h3-5H,6,11H2,1-2H3. The summed E-state index contributed by atoms with van der Waals surface area (Å²) in [4.78, 5) is 11.3. The van der Waals surface area contributed by atoms with E-state index >= 15 is 0 Å². The highest BCUT2D eigenvalue weighted by Gasteiger charge is 2.10. The Labute approximate surface area is 79.3 Å². The van der Waals surface area contributed by atoms with Crippen LogP contribution in [0, 0.1) is 6.92 Å². The molecule has 0 unspecified atom stereocenters. The molecule has 2 nitrogen and oxygen atoms in total. The first-order valence-electron chi connectivity index (χ1n) is 4.37. The molecular weight excluding hydrogens is 163 g/mol. The molecule has 0 atom stereocenters. The van der Waals surface area contributed by atoms with Crippen LogP contribution in [0.15, 0.2) is 18.2 Å². The number of ether oxygens (including phenoxy) is 1. The highest BCUT2D eigenvalue weighted by molar-refractivity contribution is 6.09. The van der Waals surface area contributed by atoms with Crippen molar-refractivity contribution in [2.45, 2.75) is 13.2 Å². The van der Waals surface area contributed by atoms with Crippen molar-refractivity contribution in [1.82, 2.24) is 0 Å². The van der Waals surface area contributed by atoms with Crippen LogP contribution in [0.4, 0.5) is 0 Å². The maximum Gasteiger partial charge on any atom is 0.338 e. The number of carbonyl (C=O) groups is 1. The average Bonchev–Trinajstić information content (AvgIpc) is 2.16. The van der Waals surface area contributed by atoms with E-state index in [-0.39, 0.29) is 5.97 Å². The van der Waals surface area contributed by atoms with Crippen LogP contribution in [0.1, 0.15) is 21.5 Å². The Balaban J connectivity index is 3.20. The topological polar surface area (TPSA) is 26.3 Å². The van der Waals surface area contributed by atoms with Gasteiger partial charge in [-0.3, -0.25) is 0 Å². The van der Waals surface area contributed by atoms with Crippen molar-refractivity contribution in [3.05, 3.63) is 34.9 Å². The van der Waals surface area contributed by atoms with E-state index in [2.05, 4.69) is 0 Å². The van der Waals surface area contributed by atoms with Crippen LogP contribution in [-0.2, 0) is 11.1 Å². The fourth-order valence-corrected chi connectivity index (χ4v) is 1.47. The molecule has 0 radical (unpaired) electrons. The molecule has 0 heterocycles. The van der Waals surface area contributed by atoms with Crippen molar-refractivity contribution in [1.29, 1.82) is 0 Å². The van der Waals surface area contributed by atoms with Gasteiger partial charge in [0.25, 0.3) is 0 Å². The first kappa shape index (κ1) is 9.84. The second kappa shape index (κ2) is 4.12. The highest BCUT2D eigenvalue weighted by Crippen LogP contribution is 2.14. The lowest BCUT2D eigenvalue weighted by Crippen LogP contribution is -2.07. The lowest BCUT2D eigenvalue weighted by Gasteiger charge is -2.08. The fraction of sp³-hybridized carbons (Fsp3) is 0.300. The predicted octanol–water partition coefficient (Wildman–Crippen LogP) is 0.915. The summed E-state index contributed by atoms with van der Waals surface area (Å²) in [5.74, 6) is -0.249. The van der Waals surface area contributed by atoms with E-state index in [4.69, 9.17) is 4.74 Å². The van der Waals surface area contributed by atoms with Crippen molar-refractivity contribution < 1.29 is 9.53 Å². The van der Waals surface area contributed by atoms with Crippen LogP contribution in [-0.4, -0.2) is 20.9 Å². The minimum absolute atomic E-state index is 0.249. The first-order chi connectivity index (χ1) is 6.20. The molecule has 0 N–H and O–H groups in total. The Morgan fingerprint density at radius 3 is 2.77 bits per heavy atom. The molecule has 0 bridgehead atoms. The van der Waals surface area contributed by atoms with Gasteiger partial charge in [-0.2, -0.15) is 0 Å². The molecule has 0 saturated carbocycles. The molecule has 1 aromatic carbocycles. The Bertz CT molecular complexity index is 321. The number of hydrogen-bond donors (Lipinski definition) is 0. The smallest absolute Gasteiger partial charge is 0.338 e. The van der Waals surface area contributed by atoms with Gasteiger partial charge in [0.2, 0.25) is 0 Å². The summed E-state index contributed by atoms with van der Waals surface area (Å²) in [6.45, 7) is 2.01. The van der Waals surface area contributed by atoms with E-state index in [1.165, 1.54) is 7.11 Å². The maximum atomic E-state index is 11.3. The van der Waals surface area contributed by atoms with Crippen molar-refractivity contribution in [3.63, 3.8) is 0 Å². The molecule has 68 valence electrons. The first-order valence-corrected chi connectivity index (χ1v) is 4.37. The summed E-state index contributed by atoms with van der Waals surface area (Å²) in [6, 6.07) is 5.68. The zero-order valence-electron chi connectivity index (χ0n) is 8.26. The molecule has 0 spiro atoms. The van der Waals surface area contributed by atoms with E-state index < -0.39 is 0 Å². The molecule has 0 aromatic heterocycles. The van der Waals surface area contributed by atoms with Crippen LogP contribution in [0.2, 0.25) is 0 Å². The lowest BCUT2D eigenvalue weighted by atomic mass is 9.89. The summed E-state index contributed by atoms with van der Waals surface area (Å²) in [6.07, 6.45) is 0.858. The molecule has 0 saturated heterocycles. The average molecular weight is 176 g/mol. The molecule has 0 aliphatic carbocycles. The quantitative estimate of drug-likeness (QED) is 0.494. The molecule has 1 aromatic rings. The van der Waals surface area contributed by atoms with Gasteiger partial charge in [-0.25, -0.2) is 4.79 Å². The molecular formula is C10H13BO2. The third kappa shape index (κ3) is 1.91. The van der Waals surface area contributed by atoms with Gasteiger partial charge >= 0.3 is 5.97 Å². The van der Waals surface area contributed by atoms with Crippen LogP contribution in [0.3, 0.4) is 0 Å². The van der Waals surface area contributed by atoms with E-state index in [1.807, 2.05) is 26.9 Å². The molecule has 0 amide bonds. The molecule has 13 heavy (non-hydrogen) atoms. The number of carbonyl (C=O) groups excluding carboxylic acids is 1. The third-order valence-electron chi connectivity index (χ3n) is 2.17. The van der Waals surface area contributed by atoms with Crippen LogP contribution in [0.25, 0.3) is 0 Å². The summed E-state index contributed by atoms with van der Waals surface area (Å²) >= 11 is 0. The number of hydrogen-bond acceptors (Lipinski definition) is 2. The van der Waals surface area contributed by atoms with E-state index in [1.54, 1.807) is 6.07 Å². The van der Waals surface area contributed by atoms with Crippen LogP contribution < -0.4 is 0 Å². The summed E-state index contributed by atoms with van der Waals surface area (Å²) in [5, 5.41) is 0. The maximum absolute atomic E-state index is 11.3. The van der Waals surface area contributed by atoms with Gasteiger partial charge < -0.3 is 4.74 Å². The number of aryl methyl sites for hydroxylation is 1. The second-order valence-electron chi connectivity index (χ2n) is 2.95. The minimum atomic E-state index is -0.249. The van der Waals surface area contributed by atoms with Crippen molar-refractivity contribution in [3.8, 4) is 0 Å². The van der Waals surface area contributed by atoms with E-state index in [9.17, 15) is 4.79 Å². The van der Waals surface area contributed by atoms with Gasteiger partial charge in [-0.05, 0) is 24.1 Å². The van der Waals surface area contributed by atoms with Gasteiger partial charge in [0, 0.05) is 0 Å². The lowest BCUT2D eigenvalue weighted by molar-refractivity contribution is 0.0599. The zero-order valence-corrected chi connectivity index (χ0v) is 8.26. The Morgan fingerprint density at radius 2 is 2.23 bits per heavy atom. The number of esters is 1. The highest BCUT2D eigenvalue weighted by atomic mass is 16.5. The van der Waals surface area contributed by atoms with E-state index in [0.29, 0.717) is 5.56 Å². The third-order valence-corrected chi connectivity index (χ3v) is 2.17. The van der Waals surface area contributed by atoms with Crippen LogP contribution >= 0.6 is 0 Å². The van der Waals surface area contributed by atoms with Gasteiger partial charge in [0.15, 0.2) is 0 Å². The molecule has 1 rings (SSSR count). The summed E-state index contributed by atoms with van der Waals surface area (Å²) in [7, 11) is 3.44. The second-order valence-corrected chi connectivity index (χ2v) is 2.95. The van der Waals surface area contributed by atoms with E-state index in [0.717, 1.165) is 17.4 Å². The largest absolute Gasteiger partial charge is 0.465 e. The SMILES string of the molecule is BCc1c(C)cccc1C(=O)OC. The molecule has 0 aliphatic rings. The van der Waals surface area contributed by atoms with Gasteiger partial charge in [-0.15, -0.1) is 0 Å². The Morgan fingerprint density at radius 1 is 1.54 bits per heavy atom. The van der Waals surface area contributed by atoms with Crippen molar-refractivity contribution in [2.75, 3.05) is 7.11 Å². The number of methoxy groups -OCH3 is 1. The van der Waals surface area contributed by atoms with Gasteiger partial charge in [-0.1, -0.05) is 18.5 Å². The molecule has 0 aliphatic heterocycles. The van der Waals surface area contributed by atoms with Crippen molar-refractivity contribution in [2.24, 2.45) is 0 Å². The van der Waals surface area contributed by atoms with Gasteiger partial charge in [0.05, 0.1) is 12.7 Å². The fourth-order valence-electron chi connectivity index (χ4n) is 1.47. The van der Waals surface area contributed by atoms with Gasteiger partial charge in [0.1, 0.15) is 7.85 Å². The minimum Gasteiger partial charge on any atom is -0.465 e. The van der Waals surface area contributed by atoms with Crippen molar-refractivity contribution >= 4 is 13.8 Å². The summed E-state index contributed by atoms with van der Waals surface area (Å²) in [5.41, 5.74) is 2.91.